The molecule has 0 saturated carbocycles. The number of aromatic nitrogens is 2. The van der Waals surface area contributed by atoms with Crippen LogP contribution in [0.3, 0.4) is 0 Å². The molecule has 31 heavy (non-hydrogen) atoms. The molecule has 6 nitrogen and oxygen atoms in total. The first-order valence-corrected chi connectivity index (χ1v) is 9.97. The third kappa shape index (κ3) is 8.96. The van der Waals surface area contributed by atoms with Crippen molar-refractivity contribution in [1.29, 1.82) is 0 Å². The van der Waals surface area contributed by atoms with Crippen LogP contribution in [0.15, 0.2) is 29.3 Å². The highest BCUT2D eigenvalue weighted by Crippen LogP contribution is 2.22. The Morgan fingerprint density at radius 2 is 1.87 bits per heavy atom. The molecule has 0 aliphatic carbocycles. The van der Waals surface area contributed by atoms with Gasteiger partial charge in [0.05, 0.1) is 5.69 Å². The molecule has 1 aromatic carbocycles. The van der Waals surface area contributed by atoms with E-state index in [-0.39, 0.29) is 35.8 Å². The Bertz CT molecular complexity index is 850. The zero-order valence-corrected chi connectivity index (χ0v) is 20.8. The number of aryl methyl sites for hydroxylation is 2. The van der Waals surface area contributed by atoms with Gasteiger partial charge in [0.1, 0.15) is 5.75 Å². The van der Waals surface area contributed by atoms with E-state index in [0.717, 1.165) is 29.9 Å². The van der Waals surface area contributed by atoms with Crippen LogP contribution in [0.4, 0.5) is 13.2 Å². The van der Waals surface area contributed by atoms with E-state index in [1.54, 1.807) is 12.1 Å². The Kier molecular flexibility index (Phi) is 10.6. The Balaban J connectivity index is 0.00000480. The second kappa shape index (κ2) is 12.2. The van der Waals surface area contributed by atoms with Crippen LogP contribution in [0, 0.1) is 13.8 Å². The van der Waals surface area contributed by atoms with Crippen molar-refractivity contribution in [1.82, 2.24) is 20.4 Å². The van der Waals surface area contributed by atoms with Gasteiger partial charge in [-0.15, -0.1) is 37.1 Å². The van der Waals surface area contributed by atoms with Crippen LogP contribution in [-0.4, -0.2) is 41.2 Å². The molecular formula is C21H31F3IN5O. The summed E-state index contributed by atoms with van der Waals surface area (Å²) < 4.78 is 42.5. The predicted octanol–water partition coefficient (Wildman–Crippen LogP) is 4.28. The normalized spacial score (nSPS) is 12.8. The lowest BCUT2D eigenvalue weighted by atomic mass is 10.1. The first-order valence-electron chi connectivity index (χ1n) is 9.97. The molecule has 0 radical (unpaired) electrons. The van der Waals surface area contributed by atoms with Crippen LogP contribution in [0.5, 0.6) is 5.75 Å². The van der Waals surface area contributed by atoms with E-state index in [9.17, 15) is 13.2 Å². The molecule has 0 aliphatic heterocycles. The summed E-state index contributed by atoms with van der Waals surface area (Å²) in [6, 6.07) is 6.03. The highest BCUT2D eigenvalue weighted by molar-refractivity contribution is 14.0. The molecule has 0 bridgehead atoms. The summed E-state index contributed by atoms with van der Waals surface area (Å²) in [4.78, 5) is 4.58. The van der Waals surface area contributed by atoms with Crippen molar-refractivity contribution in [3.05, 3.63) is 46.8 Å². The van der Waals surface area contributed by atoms with Gasteiger partial charge in [0.15, 0.2) is 5.96 Å². The van der Waals surface area contributed by atoms with Crippen LogP contribution in [0.1, 0.15) is 36.4 Å². The van der Waals surface area contributed by atoms with E-state index in [1.807, 2.05) is 25.6 Å². The third-order valence-corrected chi connectivity index (χ3v) is 4.72. The lowest BCUT2D eigenvalue weighted by Gasteiger charge is -2.18. The Morgan fingerprint density at radius 3 is 2.39 bits per heavy atom. The Morgan fingerprint density at radius 1 is 1.23 bits per heavy atom. The van der Waals surface area contributed by atoms with Crippen LogP contribution < -0.4 is 15.4 Å². The number of rotatable bonds is 8. The topological polar surface area (TPSA) is 63.5 Å². The fraction of sp³-hybridized carbons (Fsp3) is 0.524. The number of aliphatic imine (C=N–C) groups is 1. The van der Waals surface area contributed by atoms with E-state index in [0.29, 0.717) is 18.9 Å². The number of ether oxygens (including phenoxy) is 1. The van der Waals surface area contributed by atoms with Gasteiger partial charge in [0, 0.05) is 31.9 Å². The third-order valence-electron chi connectivity index (χ3n) is 4.72. The molecule has 174 valence electrons. The van der Waals surface area contributed by atoms with Crippen molar-refractivity contribution in [2.75, 3.05) is 13.1 Å². The summed E-state index contributed by atoms with van der Waals surface area (Å²) in [7, 11) is 1.94. The molecule has 0 saturated heterocycles. The van der Waals surface area contributed by atoms with Crippen LogP contribution in [0.25, 0.3) is 0 Å². The quantitative estimate of drug-likeness (QED) is 0.291. The van der Waals surface area contributed by atoms with Crippen molar-refractivity contribution in [2.45, 2.75) is 52.9 Å². The fourth-order valence-corrected chi connectivity index (χ4v) is 3.18. The van der Waals surface area contributed by atoms with Crippen LogP contribution in [0.2, 0.25) is 0 Å². The number of alkyl halides is 3. The number of nitrogens with zero attached hydrogens (tertiary/aromatic N) is 3. The number of benzene rings is 1. The van der Waals surface area contributed by atoms with Crippen molar-refractivity contribution in [3.8, 4) is 5.75 Å². The number of guanidine groups is 1. The minimum absolute atomic E-state index is 0. The minimum atomic E-state index is -4.68. The molecule has 2 rings (SSSR count). The highest BCUT2D eigenvalue weighted by atomic mass is 127. The molecular weight excluding hydrogens is 522 g/mol. The summed E-state index contributed by atoms with van der Waals surface area (Å²) in [6.45, 7) is 9.40. The molecule has 0 amide bonds. The monoisotopic (exact) mass is 553 g/mol. The average molecular weight is 553 g/mol. The zero-order valence-electron chi connectivity index (χ0n) is 18.5. The molecule has 1 aromatic heterocycles. The average Bonchev–Trinajstić information content (AvgIpc) is 2.88. The summed E-state index contributed by atoms with van der Waals surface area (Å²) in [5.74, 6) is 0.487. The maximum atomic E-state index is 12.2. The van der Waals surface area contributed by atoms with Crippen LogP contribution >= 0.6 is 24.0 Å². The smallest absolute Gasteiger partial charge is 0.406 e. The molecule has 10 heteroatoms. The minimum Gasteiger partial charge on any atom is -0.406 e. The summed E-state index contributed by atoms with van der Waals surface area (Å²) in [5, 5.41) is 11.1. The maximum Gasteiger partial charge on any atom is 0.573 e. The van der Waals surface area contributed by atoms with E-state index in [2.05, 4.69) is 39.3 Å². The molecule has 2 N–H and O–H groups in total. The number of hydrogen-bond acceptors (Lipinski definition) is 3. The molecule has 0 spiro atoms. The molecule has 0 aliphatic rings. The van der Waals surface area contributed by atoms with Crippen molar-refractivity contribution < 1.29 is 17.9 Å². The standard InChI is InChI=1S/C21H30F3N5O.HI/c1-6-25-20(27-14(2)13-19-15(3)28-29(5)16(19)4)26-12-11-17-7-9-18(10-8-17)30-21(22,23)24;/h7-10,14H,6,11-13H2,1-5H3,(H2,25,26,27);1H. The zero-order chi connectivity index (χ0) is 22.3. The van der Waals surface area contributed by atoms with Gasteiger partial charge in [-0.05, 0) is 63.8 Å². The Labute approximate surface area is 198 Å². The van der Waals surface area contributed by atoms with Gasteiger partial charge in [-0.2, -0.15) is 5.10 Å². The van der Waals surface area contributed by atoms with E-state index >= 15 is 0 Å². The number of nitrogens with one attached hydrogen (secondary N) is 2. The van der Waals surface area contributed by atoms with Gasteiger partial charge < -0.3 is 15.4 Å². The molecule has 2 aromatic rings. The van der Waals surface area contributed by atoms with Gasteiger partial charge in [-0.1, -0.05) is 12.1 Å². The lowest BCUT2D eigenvalue weighted by molar-refractivity contribution is -0.274. The Hall–Kier alpha value is -1.98. The van der Waals surface area contributed by atoms with Crippen molar-refractivity contribution in [3.63, 3.8) is 0 Å². The fourth-order valence-electron chi connectivity index (χ4n) is 3.18. The van der Waals surface area contributed by atoms with Gasteiger partial charge >= 0.3 is 6.36 Å². The SMILES string of the molecule is CCNC(=NCCc1ccc(OC(F)(F)F)cc1)NC(C)Cc1c(C)nn(C)c1C.I. The van der Waals surface area contributed by atoms with Gasteiger partial charge in [-0.3, -0.25) is 9.67 Å². The summed E-state index contributed by atoms with van der Waals surface area (Å²) in [5.41, 5.74) is 4.30. The van der Waals surface area contributed by atoms with Crippen molar-refractivity contribution in [2.24, 2.45) is 12.0 Å². The van der Waals surface area contributed by atoms with Gasteiger partial charge in [-0.25, -0.2) is 0 Å². The molecule has 0 fully saturated rings. The van der Waals surface area contributed by atoms with Gasteiger partial charge in [0.25, 0.3) is 0 Å². The summed E-state index contributed by atoms with van der Waals surface area (Å²) in [6.07, 6.45) is -3.24. The van der Waals surface area contributed by atoms with Gasteiger partial charge in [0.2, 0.25) is 0 Å². The molecule has 1 unspecified atom stereocenters. The van der Waals surface area contributed by atoms with E-state index in [4.69, 9.17) is 0 Å². The lowest BCUT2D eigenvalue weighted by Crippen LogP contribution is -2.43. The highest BCUT2D eigenvalue weighted by Gasteiger charge is 2.30. The molecule has 1 atom stereocenters. The maximum absolute atomic E-state index is 12.2. The largest absolute Gasteiger partial charge is 0.573 e. The number of halogens is 4. The predicted molar refractivity (Wildman–Crippen MR) is 127 cm³/mol. The molecule has 1 heterocycles. The van der Waals surface area contributed by atoms with Crippen molar-refractivity contribution >= 4 is 29.9 Å². The van der Waals surface area contributed by atoms with E-state index in [1.165, 1.54) is 17.7 Å². The first-order chi connectivity index (χ1) is 14.1. The first kappa shape index (κ1) is 27.1. The van der Waals surface area contributed by atoms with E-state index < -0.39 is 6.36 Å². The summed E-state index contributed by atoms with van der Waals surface area (Å²) >= 11 is 0. The second-order valence-corrected chi connectivity index (χ2v) is 7.22. The van der Waals surface area contributed by atoms with Crippen LogP contribution in [-0.2, 0) is 19.9 Å². The second-order valence-electron chi connectivity index (χ2n) is 7.22. The number of hydrogen-bond donors (Lipinski definition) is 2.